The molecule has 8 heteroatoms. The number of aliphatic hydroxyl groups is 1. The van der Waals surface area contributed by atoms with Gasteiger partial charge in [-0.25, -0.2) is 9.59 Å². The number of aliphatic hydroxyl groups excluding tert-OH is 1. The topological polar surface area (TPSA) is 125 Å². The Bertz CT molecular complexity index is 914. The summed E-state index contributed by atoms with van der Waals surface area (Å²) in [5.74, 6) is -2.04. The molecule has 0 fully saturated rings. The van der Waals surface area contributed by atoms with Gasteiger partial charge >= 0.3 is 12.1 Å². The highest BCUT2D eigenvalue weighted by Crippen LogP contribution is 2.12. The molecule has 0 heterocycles. The Kier molecular flexibility index (Phi) is 8.57. The van der Waals surface area contributed by atoms with Gasteiger partial charge in [-0.1, -0.05) is 48.5 Å². The third-order valence-electron chi connectivity index (χ3n) is 4.88. The van der Waals surface area contributed by atoms with Crippen molar-refractivity contribution in [2.75, 3.05) is 0 Å². The average molecular weight is 428 g/mol. The Hall–Kier alpha value is -3.39. The number of rotatable bonds is 9. The van der Waals surface area contributed by atoms with E-state index in [0.29, 0.717) is 0 Å². The second kappa shape index (κ2) is 11.1. The van der Waals surface area contributed by atoms with Crippen molar-refractivity contribution in [3.8, 4) is 0 Å². The van der Waals surface area contributed by atoms with E-state index in [2.05, 4.69) is 10.6 Å². The molecule has 0 saturated heterocycles. The lowest BCUT2D eigenvalue weighted by Gasteiger charge is -2.23. The van der Waals surface area contributed by atoms with Crippen LogP contribution < -0.4 is 10.6 Å². The van der Waals surface area contributed by atoms with Crippen molar-refractivity contribution in [2.24, 2.45) is 0 Å². The van der Waals surface area contributed by atoms with Crippen LogP contribution in [0.3, 0.4) is 0 Å². The summed E-state index contributed by atoms with van der Waals surface area (Å²) in [5.41, 5.74) is 3.60. The number of aliphatic carboxylic acids is 1. The first-order valence-electron chi connectivity index (χ1n) is 9.92. The number of carboxylic acids is 1. The number of carboxylic acid groups (broad SMARTS) is 1. The number of carbonyl (C=O) groups is 3. The minimum Gasteiger partial charge on any atom is -0.480 e. The summed E-state index contributed by atoms with van der Waals surface area (Å²) < 4.78 is 5.07. The number of amides is 2. The number of nitrogens with one attached hydrogen (secondary N) is 2. The number of aryl methyl sites for hydroxylation is 2. The number of hydrogen-bond donors (Lipinski definition) is 4. The number of ether oxygens (including phenoxy) is 1. The summed E-state index contributed by atoms with van der Waals surface area (Å²) in [6.07, 6.45) is -2.10. The fraction of sp³-hybridized carbons (Fsp3) is 0.348. The molecule has 0 spiro atoms. The van der Waals surface area contributed by atoms with Crippen molar-refractivity contribution < 1.29 is 29.3 Å². The van der Waals surface area contributed by atoms with Crippen LogP contribution in [0.5, 0.6) is 0 Å². The second-order valence-electron chi connectivity index (χ2n) is 7.45. The van der Waals surface area contributed by atoms with Crippen LogP contribution in [-0.2, 0) is 27.4 Å². The molecule has 0 aliphatic carbocycles. The molecule has 4 N–H and O–H groups in total. The summed E-state index contributed by atoms with van der Waals surface area (Å²) in [6, 6.07) is 11.9. The maximum Gasteiger partial charge on any atom is 0.408 e. The Labute approximate surface area is 181 Å². The van der Waals surface area contributed by atoms with Crippen LogP contribution in [0.1, 0.15) is 29.2 Å². The molecular formula is C23H28N2O6. The summed E-state index contributed by atoms with van der Waals surface area (Å²) in [4.78, 5) is 36.4. The van der Waals surface area contributed by atoms with E-state index in [1.54, 1.807) is 30.3 Å². The third kappa shape index (κ3) is 7.42. The molecule has 0 saturated carbocycles. The highest BCUT2D eigenvalue weighted by Gasteiger charge is 2.30. The van der Waals surface area contributed by atoms with E-state index >= 15 is 0 Å². The molecular weight excluding hydrogens is 400 g/mol. The first-order chi connectivity index (χ1) is 14.7. The molecule has 2 rings (SSSR count). The smallest absolute Gasteiger partial charge is 0.408 e. The average Bonchev–Trinajstić information content (AvgIpc) is 2.73. The summed E-state index contributed by atoms with van der Waals surface area (Å²) in [5, 5.41) is 24.2. The SMILES string of the molecule is Cc1ccc(C[C@H](NC(=O)[C@@H](NC(=O)OCc2ccccc2)[C@@H](C)O)C(=O)O)cc1C. The Morgan fingerprint density at radius 3 is 2.23 bits per heavy atom. The normalized spacial score (nSPS) is 13.5. The van der Waals surface area contributed by atoms with E-state index in [0.717, 1.165) is 22.3 Å². The highest BCUT2D eigenvalue weighted by atomic mass is 16.5. The van der Waals surface area contributed by atoms with E-state index < -0.39 is 36.2 Å². The van der Waals surface area contributed by atoms with Crippen molar-refractivity contribution in [3.63, 3.8) is 0 Å². The minimum absolute atomic E-state index is 0.00858. The Balaban J connectivity index is 2.00. The van der Waals surface area contributed by atoms with Gasteiger partial charge < -0.3 is 25.6 Å². The van der Waals surface area contributed by atoms with Gasteiger partial charge in [0.15, 0.2) is 0 Å². The molecule has 2 amide bonds. The summed E-state index contributed by atoms with van der Waals surface area (Å²) in [6.45, 7) is 5.18. The van der Waals surface area contributed by atoms with Crippen LogP contribution in [0.2, 0.25) is 0 Å². The fourth-order valence-corrected chi connectivity index (χ4v) is 2.92. The van der Waals surface area contributed by atoms with Gasteiger partial charge in [-0.2, -0.15) is 0 Å². The lowest BCUT2D eigenvalue weighted by Crippen LogP contribution is -2.56. The first-order valence-corrected chi connectivity index (χ1v) is 9.92. The van der Waals surface area contributed by atoms with E-state index in [1.165, 1.54) is 6.92 Å². The van der Waals surface area contributed by atoms with Crippen LogP contribution in [0.15, 0.2) is 48.5 Å². The van der Waals surface area contributed by atoms with Gasteiger partial charge in [0.05, 0.1) is 6.10 Å². The fourth-order valence-electron chi connectivity index (χ4n) is 2.92. The molecule has 0 aliphatic heterocycles. The monoisotopic (exact) mass is 428 g/mol. The van der Waals surface area contributed by atoms with Crippen LogP contribution in [-0.4, -0.2) is 46.4 Å². The largest absolute Gasteiger partial charge is 0.480 e. The highest BCUT2D eigenvalue weighted by molar-refractivity contribution is 5.89. The van der Waals surface area contributed by atoms with Crippen LogP contribution in [0.25, 0.3) is 0 Å². The molecule has 8 nitrogen and oxygen atoms in total. The molecule has 0 aromatic heterocycles. The van der Waals surface area contributed by atoms with E-state index in [4.69, 9.17) is 4.74 Å². The lowest BCUT2D eigenvalue weighted by atomic mass is 10.0. The molecule has 0 unspecified atom stereocenters. The van der Waals surface area contributed by atoms with Gasteiger partial charge in [-0.05, 0) is 43.0 Å². The quantitative estimate of drug-likeness (QED) is 0.485. The number of hydrogen-bond acceptors (Lipinski definition) is 5. The van der Waals surface area contributed by atoms with Crippen molar-refractivity contribution in [1.29, 1.82) is 0 Å². The van der Waals surface area contributed by atoms with Crippen LogP contribution >= 0.6 is 0 Å². The zero-order valence-electron chi connectivity index (χ0n) is 17.8. The zero-order chi connectivity index (χ0) is 23.0. The lowest BCUT2D eigenvalue weighted by molar-refractivity contribution is -0.142. The Morgan fingerprint density at radius 1 is 0.968 bits per heavy atom. The second-order valence-corrected chi connectivity index (χ2v) is 7.45. The van der Waals surface area contributed by atoms with E-state index in [1.807, 2.05) is 32.0 Å². The maximum absolute atomic E-state index is 12.6. The van der Waals surface area contributed by atoms with Gasteiger partial charge in [-0.3, -0.25) is 4.79 Å². The molecule has 3 atom stereocenters. The Morgan fingerprint density at radius 2 is 1.65 bits per heavy atom. The molecule has 2 aromatic rings. The maximum atomic E-state index is 12.6. The minimum atomic E-state index is -1.37. The molecule has 31 heavy (non-hydrogen) atoms. The van der Waals surface area contributed by atoms with Crippen molar-refractivity contribution in [2.45, 2.75) is 52.0 Å². The summed E-state index contributed by atoms with van der Waals surface area (Å²) in [7, 11) is 0. The van der Waals surface area contributed by atoms with Gasteiger partial charge in [-0.15, -0.1) is 0 Å². The predicted molar refractivity (Wildman–Crippen MR) is 114 cm³/mol. The van der Waals surface area contributed by atoms with Gasteiger partial charge in [0, 0.05) is 6.42 Å². The zero-order valence-corrected chi connectivity index (χ0v) is 17.8. The van der Waals surface area contributed by atoms with E-state index in [-0.39, 0.29) is 13.0 Å². The summed E-state index contributed by atoms with van der Waals surface area (Å²) >= 11 is 0. The number of alkyl carbamates (subject to hydrolysis) is 1. The standard InChI is InChI=1S/C23H28N2O6/c1-14-9-10-18(11-15(14)2)12-19(22(28)29)24-21(27)20(16(3)26)25-23(30)31-13-17-7-5-4-6-8-17/h4-11,16,19-20,26H,12-13H2,1-3H3,(H,24,27)(H,25,30)(H,28,29)/t16-,19+,20+/m1/s1. The van der Waals surface area contributed by atoms with Crippen molar-refractivity contribution >= 4 is 18.0 Å². The van der Waals surface area contributed by atoms with Gasteiger partial charge in [0.1, 0.15) is 18.7 Å². The molecule has 0 radical (unpaired) electrons. The number of benzene rings is 2. The third-order valence-corrected chi connectivity index (χ3v) is 4.88. The van der Waals surface area contributed by atoms with Crippen molar-refractivity contribution in [3.05, 3.63) is 70.8 Å². The van der Waals surface area contributed by atoms with Crippen LogP contribution in [0.4, 0.5) is 4.79 Å². The van der Waals surface area contributed by atoms with Crippen LogP contribution in [0, 0.1) is 13.8 Å². The molecule has 0 bridgehead atoms. The van der Waals surface area contributed by atoms with Gasteiger partial charge in [0.2, 0.25) is 5.91 Å². The molecule has 166 valence electrons. The van der Waals surface area contributed by atoms with Gasteiger partial charge in [0.25, 0.3) is 0 Å². The molecule has 2 aromatic carbocycles. The first kappa shape index (κ1) is 23.9. The molecule has 0 aliphatic rings. The predicted octanol–water partition coefficient (Wildman–Crippen LogP) is 2.09. The number of carbonyl (C=O) groups excluding carboxylic acids is 2. The van der Waals surface area contributed by atoms with Crippen molar-refractivity contribution in [1.82, 2.24) is 10.6 Å². The van der Waals surface area contributed by atoms with E-state index in [9.17, 15) is 24.6 Å².